The van der Waals surface area contributed by atoms with Crippen molar-refractivity contribution in [2.75, 3.05) is 5.32 Å². The number of ether oxygens (including phenoxy) is 1. The minimum Gasteiger partial charge on any atom is -0.456 e. The third kappa shape index (κ3) is 4.66. The van der Waals surface area contributed by atoms with E-state index in [0.717, 1.165) is 5.56 Å². The third-order valence-electron chi connectivity index (χ3n) is 4.08. The summed E-state index contributed by atoms with van der Waals surface area (Å²) in [6.07, 6.45) is 0. The fourth-order valence-electron chi connectivity index (χ4n) is 2.53. The van der Waals surface area contributed by atoms with Gasteiger partial charge in [-0.2, -0.15) is 0 Å². The highest BCUT2D eigenvalue weighted by molar-refractivity contribution is 6.32. The first-order valence-corrected chi connectivity index (χ1v) is 8.95. The second-order valence-corrected chi connectivity index (χ2v) is 6.81. The number of nitrogens with one attached hydrogen (secondary N) is 1. The molecule has 0 radical (unpaired) electrons. The number of anilines is 1. The number of amides is 1. The van der Waals surface area contributed by atoms with Crippen LogP contribution in [0.3, 0.4) is 0 Å². The Kier molecular flexibility index (Phi) is 5.77. The van der Waals surface area contributed by atoms with Crippen molar-refractivity contribution in [3.05, 3.63) is 88.7 Å². The van der Waals surface area contributed by atoms with Crippen molar-refractivity contribution in [2.45, 2.75) is 19.8 Å². The maximum atomic E-state index is 13.7. The average molecular weight is 384 g/mol. The molecule has 0 saturated carbocycles. The van der Waals surface area contributed by atoms with E-state index in [1.807, 2.05) is 18.2 Å². The van der Waals surface area contributed by atoms with Gasteiger partial charge in [-0.1, -0.05) is 43.6 Å². The summed E-state index contributed by atoms with van der Waals surface area (Å²) in [5, 5.41) is 3.19. The molecule has 1 N–H and O–H groups in total. The van der Waals surface area contributed by atoms with Crippen molar-refractivity contribution in [1.29, 1.82) is 0 Å². The van der Waals surface area contributed by atoms with Crippen molar-refractivity contribution in [3.8, 4) is 11.5 Å². The second-order valence-electron chi connectivity index (χ2n) is 6.40. The Balaban J connectivity index is 1.72. The molecule has 0 spiro atoms. The van der Waals surface area contributed by atoms with Gasteiger partial charge in [-0.25, -0.2) is 4.39 Å². The van der Waals surface area contributed by atoms with E-state index in [4.69, 9.17) is 16.3 Å². The lowest BCUT2D eigenvalue weighted by atomic mass is 10.0. The number of carbonyl (C=O) groups excluding carboxylic acids is 1. The molecule has 138 valence electrons. The summed E-state index contributed by atoms with van der Waals surface area (Å²) in [6.45, 7) is 4.19. The molecule has 3 nitrogen and oxygen atoms in total. The number of hydrogen-bond donors (Lipinski definition) is 1. The van der Waals surface area contributed by atoms with E-state index in [9.17, 15) is 9.18 Å². The van der Waals surface area contributed by atoms with Gasteiger partial charge in [-0.15, -0.1) is 0 Å². The van der Waals surface area contributed by atoms with Gasteiger partial charge in [0.1, 0.15) is 17.3 Å². The largest absolute Gasteiger partial charge is 0.456 e. The fraction of sp³-hybridized carbons (Fsp3) is 0.136. The molecule has 3 aromatic carbocycles. The summed E-state index contributed by atoms with van der Waals surface area (Å²) >= 11 is 6.22. The number of carbonyl (C=O) groups is 1. The Bertz CT molecular complexity index is 955. The fourth-order valence-corrected chi connectivity index (χ4v) is 2.69. The highest BCUT2D eigenvalue weighted by atomic mass is 35.5. The Hall–Kier alpha value is -2.85. The maximum Gasteiger partial charge on any atom is 0.258 e. The standard InChI is InChI=1S/C22H19ClFNO2/c1-14(2)15-7-12-19(23)21(13-15)27-17-10-8-16(9-11-17)25-22(26)18-5-3-4-6-20(18)24/h3-14H,1-2H3,(H,25,26). The van der Waals surface area contributed by atoms with Crippen molar-refractivity contribution in [2.24, 2.45) is 0 Å². The molecule has 0 aliphatic heterocycles. The molecule has 0 bridgehead atoms. The van der Waals surface area contributed by atoms with Crippen LogP contribution in [0.1, 0.15) is 35.7 Å². The smallest absolute Gasteiger partial charge is 0.258 e. The Morgan fingerprint density at radius 2 is 1.74 bits per heavy atom. The molecule has 0 aliphatic carbocycles. The van der Waals surface area contributed by atoms with E-state index >= 15 is 0 Å². The van der Waals surface area contributed by atoms with Crippen LogP contribution in [-0.2, 0) is 0 Å². The van der Waals surface area contributed by atoms with Crippen LogP contribution in [0, 0.1) is 5.82 Å². The number of halogens is 2. The van der Waals surface area contributed by atoms with E-state index < -0.39 is 11.7 Å². The van der Waals surface area contributed by atoms with Crippen molar-refractivity contribution >= 4 is 23.2 Å². The van der Waals surface area contributed by atoms with Crippen molar-refractivity contribution in [3.63, 3.8) is 0 Å². The lowest BCUT2D eigenvalue weighted by molar-refractivity contribution is 0.102. The summed E-state index contributed by atoms with van der Waals surface area (Å²) in [5.74, 6) is 0.456. The minimum absolute atomic E-state index is 0.00453. The van der Waals surface area contributed by atoms with Crippen LogP contribution in [-0.4, -0.2) is 5.91 Å². The first-order chi connectivity index (χ1) is 12.9. The first kappa shape index (κ1) is 18.9. The summed E-state index contributed by atoms with van der Waals surface area (Å²) in [6, 6.07) is 18.4. The Morgan fingerprint density at radius 1 is 1.04 bits per heavy atom. The van der Waals surface area contributed by atoms with E-state index in [1.54, 1.807) is 30.3 Å². The van der Waals surface area contributed by atoms with Crippen LogP contribution in [0.2, 0.25) is 5.02 Å². The Labute approximate surface area is 162 Å². The van der Waals surface area contributed by atoms with Crippen LogP contribution in [0.4, 0.5) is 10.1 Å². The predicted molar refractivity (Wildman–Crippen MR) is 106 cm³/mol. The van der Waals surface area contributed by atoms with Gasteiger partial charge in [-0.05, 0) is 60.0 Å². The second kappa shape index (κ2) is 8.23. The highest BCUT2D eigenvalue weighted by Gasteiger charge is 2.11. The van der Waals surface area contributed by atoms with Gasteiger partial charge >= 0.3 is 0 Å². The van der Waals surface area contributed by atoms with E-state index in [2.05, 4.69) is 19.2 Å². The topological polar surface area (TPSA) is 38.3 Å². The van der Waals surface area contributed by atoms with Crippen LogP contribution in [0.15, 0.2) is 66.7 Å². The van der Waals surface area contributed by atoms with Crippen LogP contribution in [0.5, 0.6) is 11.5 Å². The number of benzene rings is 3. The lowest BCUT2D eigenvalue weighted by Gasteiger charge is -2.12. The van der Waals surface area contributed by atoms with Gasteiger partial charge in [0.2, 0.25) is 0 Å². The van der Waals surface area contributed by atoms with E-state index in [1.165, 1.54) is 18.2 Å². The van der Waals surface area contributed by atoms with E-state index in [-0.39, 0.29) is 5.56 Å². The lowest BCUT2D eigenvalue weighted by Crippen LogP contribution is -2.13. The van der Waals surface area contributed by atoms with Gasteiger partial charge in [0.05, 0.1) is 10.6 Å². The van der Waals surface area contributed by atoms with Crippen LogP contribution >= 0.6 is 11.6 Å². The number of hydrogen-bond acceptors (Lipinski definition) is 2. The molecular weight excluding hydrogens is 365 g/mol. The number of rotatable bonds is 5. The molecular formula is C22H19ClFNO2. The Morgan fingerprint density at radius 3 is 2.41 bits per heavy atom. The van der Waals surface area contributed by atoms with Gasteiger partial charge in [-0.3, -0.25) is 4.79 Å². The van der Waals surface area contributed by atoms with E-state index in [0.29, 0.717) is 28.1 Å². The molecule has 27 heavy (non-hydrogen) atoms. The zero-order chi connectivity index (χ0) is 19.4. The first-order valence-electron chi connectivity index (χ1n) is 8.57. The molecule has 1 amide bonds. The summed E-state index contributed by atoms with van der Waals surface area (Å²) in [4.78, 5) is 12.2. The molecule has 3 aromatic rings. The summed E-state index contributed by atoms with van der Waals surface area (Å²) in [7, 11) is 0. The van der Waals surface area contributed by atoms with Crippen LogP contribution < -0.4 is 10.1 Å². The zero-order valence-corrected chi connectivity index (χ0v) is 15.8. The molecule has 0 saturated heterocycles. The normalized spacial score (nSPS) is 10.7. The maximum absolute atomic E-state index is 13.7. The van der Waals surface area contributed by atoms with Crippen LogP contribution in [0.25, 0.3) is 0 Å². The monoisotopic (exact) mass is 383 g/mol. The quantitative estimate of drug-likeness (QED) is 0.535. The molecule has 0 aliphatic rings. The van der Waals surface area contributed by atoms with Gasteiger partial charge in [0.25, 0.3) is 5.91 Å². The van der Waals surface area contributed by atoms with Crippen molar-refractivity contribution in [1.82, 2.24) is 0 Å². The zero-order valence-electron chi connectivity index (χ0n) is 15.0. The van der Waals surface area contributed by atoms with Gasteiger partial charge in [0.15, 0.2) is 0 Å². The third-order valence-corrected chi connectivity index (χ3v) is 4.39. The van der Waals surface area contributed by atoms with Crippen molar-refractivity contribution < 1.29 is 13.9 Å². The SMILES string of the molecule is CC(C)c1ccc(Cl)c(Oc2ccc(NC(=O)c3ccccc3F)cc2)c1. The molecule has 0 heterocycles. The summed E-state index contributed by atoms with van der Waals surface area (Å²) in [5.41, 5.74) is 1.66. The molecule has 0 unspecified atom stereocenters. The molecule has 0 atom stereocenters. The van der Waals surface area contributed by atoms with Gasteiger partial charge in [0, 0.05) is 5.69 Å². The summed E-state index contributed by atoms with van der Waals surface area (Å²) < 4.78 is 19.5. The molecule has 5 heteroatoms. The minimum atomic E-state index is -0.561. The van der Waals surface area contributed by atoms with Gasteiger partial charge < -0.3 is 10.1 Å². The molecule has 0 aromatic heterocycles. The average Bonchev–Trinajstić information content (AvgIpc) is 2.65. The molecule has 3 rings (SSSR count). The highest BCUT2D eigenvalue weighted by Crippen LogP contribution is 2.32. The predicted octanol–water partition coefficient (Wildman–Crippen LogP) is 6.65. The molecule has 0 fully saturated rings.